The fraction of sp³-hybridized carbons (Fsp3) is 0.429. The summed E-state index contributed by atoms with van der Waals surface area (Å²) in [7, 11) is -3.61. The van der Waals surface area contributed by atoms with E-state index >= 15 is 0 Å². The van der Waals surface area contributed by atoms with Gasteiger partial charge in [-0.15, -0.1) is 0 Å². The number of benzene rings is 2. The first-order valence-electron chi connectivity index (χ1n) is 9.75. The highest BCUT2D eigenvalue weighted by Gasteiger charge is 2.40. The zero-order chi connectivity index (χ0) is 19.3. The maximum Gasteiger partial charge on any atom is 0.330 e. The molecule has 146 valence electrons. The minimum atomic E-state index is -3.61. The number of anilines is 3. The minimum absolute atomic E-state index is 0.497. The van der Waals surface area contributed by atoms with Gasteiger partial charge in [0.1, 0.15) is 0 Å². The average molecular weight is 388 g/mol. The number of nitrogens with zero attached hydrogens (tertiary/aromatic N) is 2. The molecule has 0 aliphatic carbocycles. The summed E-state index contributed by atoms with van der Waals surface area (Å²) in [6, 6.07) is 15.2. The van der Waals surface area contributed by atoms with Crippen molar-refractivity contribution in [1.82, 2.24) is 5.32 Å². The number of fused-ring (bicyclic) bond motifs is 1. The Bertz CT molecular complexity index is 850. The number of aryl methyl sites for hydroxylation is 1. The van der Waals surface area contributed by atoms with Crippen LogP contribution in [0.25, 0.3) is 0 Å². The Morgan fingerprint density at radius 3 is 2.26 bits per heavy atom. The summed E-state index contributed by atoms with van der Waals surface area (Å²) in [6.07, 6.45) is 4.15. The third kappa shape index (κ3) is 4.28. The lowest BCUT2D eigenvalue weighted by Crippen LogP contribution is -2.36. The Labute approximate surface area is 163 Å². The van der Waals surface area contributed by atoms with Crippen LogP contribution in [0.4, 0.5) is 17.1 Å². The fourth-order valence-electron chi connectivity index (χ4n) is 3.31. The predicted molar refractivity (Wildman–Crippen MR) is 113 cm³/mol. The van der Waals surface area contributed by atoms with Crippen LogP contribution in [-0.4, -0.2) is 28.1 Å². The van der Waals surface area contributed by atoms with Gasteiger partial charge in [-0.2, -0.15) is 8.42 Å². The van der Waals surface area contributed by atoms with E-state index < -0.39 is 10.2 Å². The molecule has 6 heteroatoms. The first-order valence-corrected chi connectivity index (χ1v) is 11.1. The molecular formula is C21H29N3O2S. The normalized spacial score (nSPS) is 15.2. The van der Waals surface area contributed by atoms with Crippen LogP contribution in [0.2, 0.25) is 0 Å². The number of para-hydroxylation sites is 2. The first kappa shape index (κ1) is 19.7. The Hall–Kier alpha value is -2.05. The number of hydrogen-bond acceptors (Lipinski definition) is 3. The van der Waals surface area contributed by atoms with Gasteiger partial charge >= 0.3 is 10.2 Å². The van der Waals surface area contributed by atoms with Gasteiger partial charge in [-0.25, -0.2) is 4.31 Å². The van der Waals surface area contributed by atoms with Gasteiger partial charge in [0.05, 0.1) is 17.1 Å². The van der Waals surface area contributed by atoms with Crippen LogP contribution in [0.3, 0.4) is 0 Å². The molecule has 3 rings (SSSR count). The highest BCUT2D eigenvalue weighted by Crippen LogP contribution is 2.45. The largest absolute Gasteiger partial charge is 0.330 e. The van der Waals surface area contributed by atoms with Gasteiger partial charge in [-0.1, -0.05) is 43.2 Å². The lowest BCUT2D eigenvalue weighted by Gasteiger charge is -2.22. The van der Waals surface area contributed by atoms with Crippen LogP contribution in [0.5, 0.6) is 0 Å². The second kappa shape index (κ2) is 8.76. The van der Waals surface area contributed by atoms with Gasteiger partial charge in [-0.3, -0.25) is 4.31 Å². The second-order valence-electron chi connectivity index (χ2n) is 6.98. The van der Waals surface area contributed by atoms with Crippen LogP contribution in [0.15, 0.2) is 48.5 Å². The van der Waals surface area contributed by atoms with E-state index in [-0.39, 0.29) is 0 Å². The molecule has 0 atom stereocenters. The Kier molecular flexibility index (Phi) is 6.39. The Balaban J connectivity index is 1.75. The van der Waals surface area contributed by atoms with Crippen molar-refractivity contribution in [3.8, 4) is 0 Å². The Morgan fingerprint density at radius 2 is 1.56 bits per heavy atom. The standard InChI is InChI=1S/C21H29N3O2S/c1-3-4-15-22-16-7-8-17-23-20-9-5-6-10-21(20)24(27(23,25)26)19-13-11-18(2)12-14-19/h5-6,9-14,22H,3-4,7-8,15-17H2,1-2H3. The molecule has 1 aliphatic heterocycles. The highest BCUT2D eigenvalue weighted by molar-refractivity contribution is 7.95. The molecule has 2 aromatic rings. The lowest BCUT2D eigenvalue weighted by molar-refractivity contribution is 0.583. The molecule has 0 fully saturated rings. The van der Waals surface area contributed by atoms with Crippen LogP contribution < -0.4 is 13.9 Å². The molecule has 0 amide bonds. The molecule has 0 unspecified atom stereocenters. The summed E-state index contributed by atoms with van der Waals surface area (Å²) < 4.78 is 29.6. The maximum absolute atomic E-state index is 13.3. The molecule has 27 heavy (non-hydrogen) atoms. The summed E-state index contributed by atoms with van der Waals surface area (Å²) in [5.74, 6) is 0. The van der Waals surface area contributed by atoms with Crippen molar-refractivity contribution in [2.45, 2.75) is 39.5 Å². The predicted octanol–water partition coefficient (Wildman–Crippen LogP) is 4.37. The molecule has 0 bridgehead atoms. The first-order chi connectivity index (χ1) is 13.1. The van der Waals surface area contributed by atoms with Crippen molar-refractivity contribution in [2.75, 3.05) is 28.2 Å². The van der Waals surface area contributed by atoms with E-state index in [1.165, 1.54) is 17.1 Å². The van der Waals surface area contributed by atoms with Crippen molar-refractivity contribution >= 4 is 27.3 Å². The molecule has 5 nitrogen and oxygen atoms in total. The van der Waals surface area contributed by atoms with Crippen LogP contribution in [0, 0.1) is 6.92 Å². The number of nitrogens with one attached hydrogen (secondary N) is 1. The molecule has 0 radical (unpaired) electrons. The molecule has 1 aliphatic rings. The fourth-order valence-corrected chi connectivity index (χ4v) is 5.07. The van der Waals surface area contributed by atoms with Crippen molar-refractivity contribution in [3.05, 3.63) is 54.1 Å². The maximum atomic E-state index is 13.3. The van der Waals surface area contributed by atoms with Crippen molar-refractivity contribution in [3.63, 3.8) is 0 Å². The van der Waals surface area contributed by atoms with Gasteiger partial charge in [0.2, 0.25) is 0 Å². The third-order valence-corrected chi connectivity index (χ3v) is 6.62. The highest BCUT2D eigenvalue weighted by atomic mass is 32.2. The van der Waals surface area contributed by atoms with E-state index in [0.717, 1.165) is 42.9 Å². The van der Waals surface area contributed by atoms with E-state index in [9.17, 15) is 8.42 Å². The van der Waals surface area contributed by atoms with E-state index in [1.54, 1.807) is 4.31 Å². The van der Waals surface area contributed by atoms with E-state index in [4.69, 9.17) is 0 Å². The van der Waals surface area contributed by atoms with E-state index in [2.05, 4.69) is 12.2 Å². The molecule has 0 saturated carbocycles. The van der Waals surface area contributed by atoms with Gasteiger partial charge in [0.25, 0.3) is 0 Å². The van der Waals surface area contributed by atoms with Gasteiger partial charge in [-0.05, 0) is 63.5 Å². The number of hydrogen-bond donors (Lipinski definition) is 1. The van der Waals surface area contributed by atoms with Crippen molar-refractivity contribution in [1.29, 1.82) is 0 Å². The zero-order valence-electron chi connectivity index (χ0n) is 16.2. The minimum Gasteiger partial charge on any atom is -0.317 e. The summed E-state index contributed by atoms with van der Waals surface area (Å²) in [6.45, 7) is 6.63. The summed E-state index contributed by atoms with van der Waals surface area (Å²) in [5, 5.41) is 3.41. The van der Waals surface area contributed by atoms with E-state index in [1.807, 2.05) is 55.5 Å². The average Bonchev–Trinajstić information content (AvgIpc) is 2.88. The second-order valence-corrected chi connectivity index (χ2v) is 8.68. The van der Waals surface area contributed by atoms with Crippen molar-refractivity contribution in [2.24, 2.45) is 0 Å². The Morgan fingerprint density at radius 1 is 0.889 bits per heavy atom. The zero-order valence-corrected chi connectivity index (χ0v) is 17.0. The van der Waals surface area contributed by atoms with E-state index in [0.29, 0.717) is 12.2 Å². The molecule has 0 spiro atoms. The molecule has 1 N–H and O–H groups in total. The number of rotatable bonds is 9. The lowest BCUT2D eigenvalue weighted by atomic mass is 10.2. The smallest absolute Gasteiger partial charge is 0.317 e. The van der Waals surface area contributed by atoms with Crippen LogP contribution >= 0.6 is 0 Å². The quantitative estimate of drug-likeness (QED) is 0.650. The van der Waals surface area contributed by atoms with Gasteiger partial charge in [0, 0.05) is 6.54 Å². The molecule has 0 aromatic heterocycles. The van der Waals surface area contributed by atoms with Gasteiger partial charge < -0.3 is 5.32 Å². The van der Waals surface area contributed by atoms with Crippen molar-refractivity contribution < 1.29 is 8.42 Å². The third-order valence-electron chi connectivity index (χ3n) is 4.82. The van der Waals surface area contributed by atoms with Crippen LogP contribution in [-0.2, 0) is 10.2 Å². The summed E-state index contributed by atoms with van der Waals surface area (Å²) >= 11 is 0. The molecular weight excluding hydrogens is 358 g/mol. The monoisotopic (exact) mass is 387 g/mol. The molecule has 1 heterocycles. The summed E-state index contributed by atoms with van der Waals surface area (Å²) in [5.41, 5.74) is 3.27. The van der Waals surface area contributed by atoms with Gasteiger partial charge in [0.15, 0.2) is 0 Å². The number of unbranched alkanes of at least 4 members (excludes halogenated alkanes) is 2. The van der Waals surface area contributed by atoms with Crippen LogP contribution in [0.1, 0.15) is 38.2 Å². The molecule has 2 aromatic carbocycles. The topological polar surface area (TPSA) is 52.6 Å². The SMILES string of the molecule is CCCCNCCCCN1c2ccccc2N(c2ccc(C)cc2)S1(=O)=O. The summed E-state index contributed by atoms with van der Waals surface area (Å²) in [4.78, 5) is 0. The molecule has 0 saturated heterocycles.